The average Bonchev–Trinajstić information content (AvgIpc) is 2.82. The SMILES string of the molecule is CC(NC(=O)Cn1ncc2ccccc2c1=O)c1cccc(NC(=O)c2ccccc2)c1. The van der Waals surface area contributed by atoms with Crippen molar-refractivity contribution in [3.63, 3.8) is 0 Å². The molecule has 0 saturated carbocycles. The van der Waals surface area contributed by atoms with E-state index in [0.29, 0.717) is 16.6 Å². The summed E-state index contributed by atoms with van der Waals surface area (Å²) in [7, 11) is 0. The molecule has 4 aromatic rings. The van der Waals surface area contributed by atoms with Gasteiger partial charge in [-0.1, -0.05) is 48.5 Å². The summed E-state index contributed by atoms with van der Waals surface area (Å²) in [6, 6.07) is 23.0. The number of anilines is 1. The fourth-order valence-electron chi connectivity index (χ4n) is 3.43. The van der Waals surface area contributed by atoms with E-state index in [1.165, 1.54) is 0 Å². The summed E-state index contributed by atoms with van der Waals surface area (Å²) in [5.41, 5.74) is 1.71. The molecule has 7 nitrogen and oxygen atoms in total. The van der Waals surface area contributed by atoms with Crippen LogP contribution in [-0.2, 0) is 11.3 Å². The highest BCUT2D eigenvalue weighted by atomic mass is 16.2. The largest absolute Gasteiger partial charge is 0.348 e. The van der Waals surface area contributed by atoms with E-state index in [-0.39, 0.29) is 30.0 Å². The number of amides is 2. The quantitative estimate of drug-likeness (QED) is 0.493. The van der Waals surface area contributed by atoms with Crippen molar-refractivity contribution in [1.82, 2.24) is 15.1 Å². The van der Waals surface area contributed by atoms with Crippen molar-refractivity contribution in [1.29, 1.82) is 0 Å². The van der Waals surface area contributed by atoms with Crippen LogP contribution in [0.3, 0.4) is 0 Å². The molecule has 0 aliphatic carbocycles. The minimum atomic E-state index is -0.332. The Kier molecular flexibility index (Phi) is 6.07. The summed E-state index contributed by atoms with van der Waals surface area (Å²) >= 11 is 0. The number of fused-ring (bicyclic) bond motifs is 1. The van der Waals surface area contributed by atoms with E-state index >= 15 is 0 Å². The molecule has 32 heavy (non-hydrogen) atoms. The molecule has 4 rings (SSSR count). The van der Waals surface area contributed by atoms with Crippen LogP contribution in [0, 0.1) is 0 Å². The summed E-state index contributed by atoms with van der Waals surface area (Å²) in [5.74, 6) is -0.540. The van der Waals surface area contributed by atoms with E-state index in [2.05, 4.69) is 15.7 Å². The second-order valence-electron chi connectivity index (χ2n) is 7.43. The zero-order valence-corrected chi connectivity index (χ0v) is 17.5. The van der Waals surface area contributed by atoms with E-state index in [1.54, 1.807) is 54.7 Å². The van der Waals surface area contributed by atoms with Crippen molar-refractivity contribution in [2.24, 2.45) is 0 Å². The number of nitrogens with zero attached hydrogens (tertiary/aromatic N) is 2. The Balaban J connectivity index is 1.43. The lowest BCUT2D eigenvalue weighted by molar-refractivity contribution is -0.122. The molecule has 1 aromatic heterocycles. The lowest BCUT2D eigenvalue weighted by Crippen LogP contribution is -2.35. The number of carbonyl (C=O) groups is 2. The maximum atomic E-state index is 12.6. The van der Waals surface area contributed by atoms with Crippen LogP contribution in [0.2, 0.25) is 0 Å². The monoisotopic (exact) mass is 426 g/mol. The first kappa shape index (κ1) is 21.0. The van der Waals surface area contributed by atoms with Crippen LogP contribution in [0.1, 0.15) is 28.9 Å². The van der Waals surface area contributed by atoms with Gasteiger partial charge < -0.3 is 10.6 Å². The molecule has 0 aliphatic rings. The Labute approximate surface area is 184 Å². The van der Waals surface area contributed by atoms with Crippen LogP contribution < -0.4 is 16.2 Å². The van der Waals surface area contributed by atoms with E-state index in [9.17, 15) is 14.4 Å². The average molecular weight is 426 g/mol. The van der Waals surface area contributed by atoms with E-state index in [4.69, 9.17) is 0 Å². The predicted octanol–water partition coefficient (Wildman–Crippen LogP) is 3.53. The fraction of sp³-hybridized carbons (Fsp3) is 0.120. The van der Waals surface area contributed by atoms with Crippen LogP contribution in [-0.4, -0.2) is 21.6 Å². The standard InChI is InChI=1S/C25H22N4O3/c1-17(19-11-7-12-21(14-19)28-24(31)18-8-3-2-4-9-18)27-23(30)16-29-25(32)22-13-6-5-10-20(22)15-26-29/h2-15,17H,16H2,1H3,(H,27,30)(H,28,31). The minimum absolute atomic E-state index is 0.182. The zero-order valence-electron chi connectivity index (χ0n) is 17.5. The number of hydrogen-bond acceptors (Lipinski definition) is 4. The van der Waals surface area contributed by atoms with Gasteiger partial charge in [-0.05, 0) is 42.8 Å². The lowest BCUT2D eigenvalue weighted by Gasteiger charge is -2.16. The number of hydrogen-bond donors (Lipinski definition) is 2. The summed E-state index contributed by atoms with van der Waals surface area (Å²) in [6.45, 7) is 1.66. The minimum Gasteiger partial charge on any atom is -0.348 e. The first-order valence-corrected chi connectivity index (χ1v) is 10.2. The Morgan fingerprint density at radius 3 is 2.53 bits per heavy atom. The van der Waals surface area contributed by atoms with Crippen LogP contribution in [0.5, 0.6) is 0 Å². The van der Waals surface area contributed by atoms with Crippen molar-refractivity contribution in [3.8, 4) is 0 Å². The molecule has 0 radical (unpaired) electrons. The molecule has 160 valence electrons. The molecule has 2 amide bonds. The third kappa shape index (κ3) is 4.73. The molecule has 3 aromatic carbocycles. The highest BCUT2D eigenvalue weighted by molar-refractivity contribution is 6.04. The molecule has 0 saturated heterocycles. The van der Waals surface area contributed by atoms with Crippen molar-refractivity contribution in [3.05, 3.63) is 107 Å². The van der Waals surface area contributed by atoms with Gasteiger partial charge in [0.25, 0.3) is 11.5 Å². The van der Waals surface area contributed by atoms with E-state index < -0.39 is 0 Å². The third-order valence-electron chi connectivity index (χ3n) is 5.11. The van der Waals surface area contributed by atoms with Gasteiger partial charge in [0, 0.05) is 16.6 Å². The van der Waals surface area contributed by atoms with Gasteiger partial charge in [-0.15, -0.1) is 0 Å². The summed E-state index contributed by atoms with van der Waals surface area (Å²) in [6.07, 6.45) is 1.58. The molecular formula is C25H22N4O3. The third-order valence-corrected chi connectivity index (χ3v) is 5.11. The Bertz CT molecular complexity index is 1330. The topological polar surface area (TPSA) is 93.1 Å². The second-order valence-corrected chi connectivity index (χ2v) is 7.43. The van der Waals surface area contributed by atoms with Crippen LogP contribution in [0.15, 0.2) is 89.9 Å². The van der Waals surface area contributed by atoms with Crippen molar-refractivity contribution in [2.75, 3.05) is 5.32 Å². The maximum Gasteiger partial charge on any atom is 0.275 e. The highest BCUT2D eigenvalue weighted by Crippen LogP contribution is 2.18. The number of carbonyl (C=O) groups excluding carboxylic acids is 2. The fourth-order valence-corrected chi connectivity index (χ4v) is 3.43. The first-order chi connectivity index (χ1) is 15.5. The Morgan fingerprint density at radius 2 is 1.72 bits per heavy atom. The van der Waals surface area contributed by atoms with Gasteiger partial charge in [0.1, 0.15) is 6.54 Å². The van der Waals surface area contributed by atoms with Crippen molar-refractivity contribution in [2.45, 2.75) is 19.5 Å². The molecule has 1 atom stereocenters. The normalized spacial score (nSPS) is 11.7. The van der Waals surface area contributed by atoms with Crippen LogP contribution in [0.25, 0.3) is 10.8 Å². The van der Waals surface area contributed by atoms with Crippen molar-refractivity contribution >= 4 is 28.3 Å². The van der Waals surface area contributed by atoms with Gasteiger partial charge in [-0.25, -0.2) is 4.68 Å². The molecule has 0 fully saturated rings. The maximum absolute atomic E-state index is 12.6. The van der Waals surface area contributed by atoms with Crippen molar-refractivity contribution < 1.29 is 9.59 Å². The Morgan fingerprint density at radius 1 is 0.969 bits per heavy atom. The van der Waals surface area contributed by atoms with Gasteiger partial charge >= 0.3 is 0 Å². The molecule has 7 heteroatoms. The molecule has 0 aliphatic heterocycles. The molecular weight excluding hydrogens is 404 g/mol. The number of rotatable bonds is 6. The summed E-state index contributed by atoms with van der Waals surface area (Å²) < 4.78 is 1.15. The van der Waals surface area contributed by atoms with Gasteiger partial charge in [0.05, 0.1) is 17.6 Å². The lowest BCUT2D eigenvalue weighted by atomic mass is 10.1. The van der Waals surface area contributed by atoms with Crippen LogP contribution in [0.4, 0.5) is 5.69 Å². The smallest absolute Gasteiger partial charge is 0.275 e. The number of nitrogens with one attached hydrogen (secondary N) is 2. The first-order valence-electron chi connectivity index (χ1n) is 10.2. The van der Waals surface area contributed by atoms with Gasteiger partial charge in [0.2, 0.25) is 5.91 Å². The van der Waals surface area contributed by atoms with Crippen LogP contribution >= 0.6 is 0 Å². The van der Waals surface area contributed by atoms with E-state index in [0.717, 1.165) is 15.6 Å². The zero-order chi connectivity index (χ0) is 22.5. The Hall–Kier alpha value is -4.26. The highest BCUT2D eigenvalue weighted by Gasteiger charge is 2.13. The second kappa shape index (κ2) is 9.26. The number of benzene rings is 3. The summed E-state index contributed by atoms with van der Waals surface area (Å²) in [4.78, 5) is 37.5. The number of aromatic nitrogens is 2. The van der Waals surface area contributed by atoms with E-state index in [1.807, 2.05) is 37.3 Å². The van der Waals surface area contributed by atoms with Gasteiger partial charge in [0.15, 0.2) is 0 Å². The predicted molar refractivity (Wildman–Crippen MR) is 123 cm³/mol. The molecule has 0 bridgehead atoms. The van der Waals surface area contributed by atoms with Gasteiger partial charge in [-0.2, -0.15) is 5.10 Å². The molecule has 1 heterocycles. The molecule has 0 spiro atoms. The molecule has 2 N–H and O–H groups in total. The summed E-state index contributed by atoms with van der Waals surface area (Å²) in [5, 5.41) is 11.1. The van der Waals surface area contributed by atoms with Gasteiger partial charge in [-0.3, -0.25) is 14.4 Å². The molecule has 1 unspecified atom stereocenters.